The van der Waals surface area contributed by atoms with E-state index in [9.17, 15) is 9.90 Å². The zero-order chi connectivity index (χ0) is 16.1. The predicted molar refractivity (Wildman–Crippen MR) is 84.1 cm³/mol. The van der Waals surface area contributed by atoms with Gasteiger partial charge in [-0.25, -0.2) is 5.43 Å². The predicted octanol–water partition coefficient (Wildman–Crippen LogP) is 1.82. The largest absolute Gasteiger partial charge is 0.504 e. The van der Waals surface area contributed by atoms with Crippen LogP contribution >= 0.6 is 0 Å². The highest BCUT2D eigenvalue weighted by atomic mass is 16.5. The van der Waals surface area contributed by atoms with Crippen LogP contribution in [0.25, 0.3) is 0 Å². The number of aromatic nitrogens is 1. The minimum Gasteiger partial charge on any atom is -0.504 e. The number of nitrogens with zero attached hydrogens (tertiary/aromatic N) is 2. The summed E-state index contributed by atoms with van der Waals surface area (Å²) >= 11 is 0. The Labute approximate surface area is 129 Å². The molecule has 116 valence electrons. The fourth-order valence-corrected chi connectivity index (χ4v) is 2.00. The summed E-state index contributed by atoms with van der Waals surface area (Å²) in [4.78, 5) is 11.9. The van der Waals surface area contributed by atoms with Crippen molar-refractivity contribution in [2.24, 2.45) is 12.1 Å². The summed E-state index contributed by atoms with van der Waals surface area (Å²) in [6.07, 6.45) is 2.15. The first-order valence-corrected chi connectivity index (χ1v) is 6.82. The van der Waals surface area contributed by atoms with E-state index in [1.807, 2.05) is 29.9 Å². The SMILES string of the molecule is COc1cc(/C(C)=N/NC(=O)Cc2cccn2C)ccc1O. The van der Waals surface area contributed by atoms with Gasteiger partial charge in [-0.3, -0.25) is 4.79 Å². The second-order valence-electron chi connectivity index (χ2n) is 4.91. The fourth-order valence-electron chi connectivity index (χ4n) is 2.00. The standard InChI is InChI=1S/C16H19N3O3/c1-11(12-6-7-14(20)15(9-12)22-3)17-18-16(21)10-13-5-4-8-19(13)2/h4-9,20H,10H2,1-3H3,(H,18,21)/b17-11+. The van der Waals surface area contributed by atoms with Crippen molar-refractivity contribution in [1.82, 2.24) is 9.99 Å². The van der Waals surface area contributed by atoms with E-state index in [1.54, 1.807) is 19.1 Å². The Morgan fingerprint density at radius 1 is 1.41 bits per heavy atom. The van der Waals surface area contributed by atoms with Crippen LogP contribution in [0.2, 0.25) is 0 Å². The Bertz CT molecular complexity index is 704. The number of nitrogens with one attached hydrogen (secondary N) is 1. The summed E-state index contributed by atoms with van der Waals surface area (Å²) < 4.78 is 6.94. The van der Waals surface area contributed by atoms with E-state index >= 15 is 0 Å². The van der Waals surface area contributed by atoms with E-state index in [1.165, 1.54) is 13.2 Å². The molecular weight excluding hydrogens is 282 g/mol. The van der Waals surface area contributed by atoms with Gasteiger partial charge in [0.2, 0.25) is 5.91 Å². The molecule has 0 bridgehead atoms. The number of methoxy groups -OCH3 is 1. The number of phenols is 1. The zero-order valence-corrected chi connectivity index (χ0v) is 12.8. The van der Waals surface area contributed by atoms with E-state index in [0.717, 1.165) is 11.3 Å². The molecule has 2 rings (SSSR count). The fraction of sp³-hybridized carbons (Fsp3) is 0.250. The van der Waals surface area contributed by atoms with Crippen molar-refractivity contribution in [2.45, 2.75) is 13.3 Å². The number of aryl methyl sites for hydroxylation is 1. The van der Waals surface area contributed by atoms with Crippen LogP contribution in [0.3, 0.4) is 0 Å². The number of phenolic OH excluding ortho intramolecular Hbond substituents is 1. The Morgan fingerprint density at radius 3 is 2.82 bits per heavy atom. The number of carbonyl (C=O) groups is 1. The van der Waals surface area contributed by atoms with Crippen molar-refractivity contribution in [3.8, 4) is 11.5 Å². The lowest BCUT2D eigenvalue weighted by Crippen LogP contribution is -2.22. The maximum absolute atomic E-state index is 11.9. The van der Waals surface area contributed by atoms with Crippen molar-refractivity contribution < 1.29 is 14.6 Å². The topological polar surface area (TPSA) is 75.8 Å². The second kappa shape index (κ2) is 6.80. The van der Waals surface area contributed by atoms with Crippen LogP contribution in [0.5, 0.6) is 11.5 Å². The average Bonchev–Trinajstić information content (AvgIpc) is 2.90. The summed E-state index contributed by atoms with van der Waals surface area (Å²) in [7, 11) is 3.37. The van der Waals surface area contributed by atoms with Crippen LogP contribution < -0.4 is 10.2 Å². The summed E-state index contributed by atoms with van der Waals surface area (Å²) in [5.74, 6) is 0.237. The van der Waals surface area contributed by atoms with Crippen molar-refractivity contribution in [1.29, 1.82) is 0 Å². The molecule has 1 aromatic carbocycles. The van der Waals surface area contributed by atoms with E-state index in [0.29, 0.717) is 11.5 Å². The number of rotatable bonds is 5. The molecule has 0 aliphatic rings. The summed E-state index contributed by atoms with van der Waals surface area (Å²) in [6.45, 7) is 1.77. The van der Waals surface area contributed by atoms with E-state index in [2.05, 4.69) is 10.5 Å². The maximum Gasteiger partial charge on any atom is 0.246 e. The highest BCUT2D eigenvalue weighted by molar-refractivity contribution is 5.99. The summed E-state index contributed by atoms with van der Waals surface area (Å²) in [5, 5.41) is 13.6. The van der Waals surface area contributed by atoms with Crippen molar-refractivity contribution >= 4 is 11.6 Å². The molecule has 2 N–H and O–H groups in total. The van der Waals surface area contributed by atoms with Gasteiger partial charge in [0, 0.05) is 24.5 Å². The number of carbonyl (C=O) groups excluding carboxylic acids is 1. The number of ether oxygens (including phenoxy) is 1. The van der Waals surface area contributed by atoms with E-state index in [-0.39, 0.29) is 18.1 Å². The lowest BCUT2D eigenvalue weighted by Gasteiger charge is -2.07. The molecule has 0 spiro atoms. The molecule has 1 aromatic heterocycles. The van der Waals surface area contributed by atoms with Crippen molar-refractivity contribution in [3.05, 3.63) is 47.8 Å². The minimum absolute atomic E-state index is 0.0618. The highest BCUT2D eigenvalue weighted by Gasteiger charge is 2.07. The third kappa shape index (κ3) is 3.66. The smallest absolute Gasteiger partial charge is 0.246 e. The van der Waals surface area contributed by atoms with Crippen LogP contribution in [-0.4, -0.2) is 28.4 Å². The van der Waals surface area contributed by atoms with Gasteiger partial charge in [0.15, 0.2) is 11.5 Å². The molecule has 0 unspecified atom stereocenters. The number of benzene rings is 1. The van der Waals surface area contributed by atoms with Gasteiger partial charge in [-0.1, -0.05) is 0 Å². The molecule has 0 aliphatic carbocycles. The maximum atomic E-state index is 11.9. The molecule has 0 fully saturated rings. The molecule has 6 nitrogen and oxygen atoms in total. The van der Waals surface area contributed by atoms with Gasteiger partial charge in [0.05, 0.1) is 19.2 Å². The van der Waals surface area contributed by atoms with E-state index < -0.39 is 0 Å². The van der Waals surface area contributed by atoms with Gasteiger partial charge in [-0.05, 0) is 37.3 Å². The molecular formula is C16H19N3O3. The minimum atomic E-state index is -0.188. The monoisotopic (exact) mass is 301 g/mol. The third-order valence-corrected chi connectivity index (χ3v) is 3.34. The second-order valence-corrected chi connectivity index (χ2v) is 4.91. The highest BCUT2D eigenvalue weighted by Crippen LogP contribution is 2.26. The molecule has 0 atom stereocenters. The Hall–Kier alpha value is -2.76. The molecule has 2 aromatic rings. The van der Waals surface area contributed by atoms with Gasteiger partial charge in [0.25, 0.3) is 0 Å². The van der Waals surface area contributed by atoms with Gasteiger partial charge in [-0.15, -0.1) is 0 Å². The molecule has 0 saturated heterocycles. The van der Waals surface area contributed by atoms with Crippen LogP contribution in [-0.2, 0) is 18.3 Å². The normalized spacial score (nSPS) is 11.3. The van der Waals surface area contributed by atoms with E-state index in [4.69, 9.17) is 4.74 Å². The average molecular weight is 301 g/mol. The van der Waals surface area contributed by atoms with Gasteiger partial charge in [-0.2, -0.15) is 5.10 Å². The summed E-state index contributed by atoms with van der Waals surface area (Å²) in [5.41, 5.74) is 4.83. The number of hydrazone groups is 1. The first-order valence-electron chi connectivity index (χ1n) is 6.82. The molecule has 1 amide bonds. The van der Waals surface area contributed by atoms with Gasteiger partial charge < -0.3 is 14.4 Å². The van der Waals surface area contributed by atoms with Gasteiger partial charge in [0.1, 0.15) is 0 Å². The first kappa shape index (κ1) is 15.6. The number of hydrogen-bond acceptors (Lipinski definition) is 4. The van der Waals surface area contributed by atoms with Crippen LogP contribution in [0.4, 0.5) is 0 Å². The summed E-state index contributed by atoms with van der Waals surface area (Å²) in [6, 6.07) is 8.68. The molecule has 0 radical (unpaired) electrons. The van der Waals surface area contributed by atoms with Crippen LogP contribution in [0.1, 0.15) is 18.2 Å². The van der Waals surface area contributed by atoms with Crippen LogP contribution in [0.15, 0.2) is 41.6 Å². The van der Waals surface area contributed by atoms with Crippen molar-refractivity contribution in [2.75, 3.05) is 7.11 Å². The van der Waals surface area contributed by atoms with Gasteiger partial charge >= 0.3 is 0 Å². The Morgan fingerprint density at radius 2 is 2.18 bits per heavy atom. The lowest BCUT2D eigenvalue weighted by atomic mass is 10.1. The number of hydrogen-bond donors (Lipinski definition) is 2. The Balaban J connectivity index is 2.03. The molecule has 0 saturated carbocycles. The quantitative estimate of drug-likeness (QED) is 0.653. The third-order valence-electron chi connectivity index (χ3n) is 3.34. The molecule has 0 aliphatic heterocycles. The van der Waals surface area contributed by atoms with Crippen LogP contribution in [0, 0.1) is 0 Å². The Kier molecular flexibility index (Phi) is 4.83. The first-order chi connectivity index (χ1) is 10.5. The van der Waals surface area contributed by atoms with Crippen molar-refractivity contribution in [3.63, 3.8) is 0 Å². The zero-order valence-electron chi connectivity index (χ0n) is 12.8. The molecule has 1 heterocycles. The lowest BCUT2D eigenvalue weighted by molar-refractivity contribution is -0.120. The number of aromatic hydroxyl groups is 1. The molecule has 22 heavy (non-hydrogen) atoms. The number of amides is 1. The molecule has 6 heteroatoms.